The van der Waals surface area contributed by atoms with Gasteiger partial charge in [0.25, 0.3) is 0 Å². The molecule has 2 saturated heterocycles. The van der Waals surface area contributed by atoms with E-state index in [1.54, 1.807) is 7.05 Å². The highest BCUT2D eigenvalue weighted by molar-refractivity contribution is 5.85. The number of likely N-dealkylation sites (N-methyl/N-ethyl adjacent to an activating group) is 1. The van der Waals surface area contributed by atoms with Crippen molar-refractivity contribution in [2.45, 2.75) is 105 Å². The van der Waals surface area contributed by atoms with Gasteiger partial charge in [0.15, 0.2) is 12.6 Å². The minimum atomic E-state index is -1.76. The first kappa shape index (κ1) is 34.4. The third-order valence-corrected chi connectivity index (χ3v) is 8.03. The van der Waals surface area contributed by atoms with Gasteiger partial charge in [0.1, 0.15) is 35.3 Å². The van der Waals surface area contributed by atoms with Gasteiger partial charge >= 0.3 is 0 Å². The summed E-state index contributed by atoms with van der Waals surface area (Å²) in [6.07, 6.45) is -4.13. The molecule has 0 spiro atoms. The van der Waals surface area contributed by atoms with Crippen LogP contribution in [0.2, 0.25) is 0 Å². The van der Waals surface area contributed by atoms with Gasteiger partial charge in [-0.2, -0.15) is 0 Å². The fraction of sp³-hybridized carbons (Fsp3) is 0.960. The summed E-state index contributed by atoms with van der Waals surface area (Å²) >= 11 is 0. The van der Waals surface area contributed by atoms with Crippen LogP contribution in [0.1, 0.15) is 32.6 Å². The molecule has 41 heavy (non-hydrogen) atoms. The molecule has 240 valence electrons. The van der Waals surface area contributed by atoms with E-state index in [2.05, 4.69) is 15.6 Å². The highest BCUT2D eigenvalue weighted by atomic mass is 16.7. The number of aliphatic imine (C=N–C) groups is 1. The maximum absolute atomic E-state index is 12.0. The third kappa shape index (κ3) is 8.73. The van der Waals surface area contributed by atoms with E-state index in [0.29, 0.717) is 25.9 Å². The molecule has 6 unspecified atom stereocenters. The lowest BCUT2D eigenvalue weighted by Crippen LogP contribution is -2.67. The van der Waals surface area contributed by atoms with Gasteiger partial charge in [0.2, 0.25) is 0 Å². The second-order valence-electron chi connectivity index (χ2n) is 11.6. The number of amidine groups is 1. The number of nitrogens with one attached hydrogen (secondary N) is 2. The molecule has 0 aromatic rings. The molecule has 2 aliphatic heterocycles. The van der Waals surface area contributed by atoms with Crippen LogP contribution < -0.4 is 33.6 Å². The molecule has 1 saturated carbocycles. The van der Waals surface area contributed by atoms with E-state index >= 15 is 0 Å². The average molecular weight is 594 g/mol. The zero-order valence-corrected chi connectivity index (χ0v) is 24.0. The first-order valence-electron chi connectivity index (χ1n) is 14.2. The molecule has 0 aromatic carbocycles. The summed E-state index contributed by atoms with van der Waals surface area (Å²) in [5.74, 6) is -0.0756. The van der Waals surface area contributed by atoms with Crippen molar-refractivity contribution in [3.05, 3.63) is 0 Å². The van der Waals surface area contributed by atoms with Crippen LogP contribution in [-0.4, -0.2) is 150 Å². The van der Waals surface area contributed by atoms with Crippen LogP contribution in [0, 0.1) is 0 Å². The van der Waals surface area contributed by atoms with Gasteiger partial charge in [-0.25, -0.2) is 0 Å². The van der Waals surface area contributed by atoms with Gasteiger partial charge in [-0.3, -0.25) is 4.99 Å². The lowest BCUT2D eigenvalue weighted by atomic mass is 9.77. The molecular formula is C25H51N7O9. The van der Waals surface area contributed by atoms with Gasteiger partial charge in [-0.05, 0) is 33.2 Å². The Labute approximate surface area is 240 Å². The van der Waals surface area contributed by atoms with Gasteiger partial charge in [0, 0.05) is 32.1 Å². The third-order valence-electron chi connectivity index (χ3n) is 8.03. The monoisotopic (exact) mass is 593 g/mol. The van der Waals surface area contributed by atoms with Crippen LogP contribution in [0.25, 0.3) is 0 Å². The molecule has 0 bridgehead atoms. The van der Waals surface area contributed by atoms with Crippen molar-refractivity contribution in [3.8, 4) is 0 Å². The summed E-state index contributed by atoms with van der Waals surface area (Å²) in [6, 6.07) is -2.59. The SMILES string of the molecule is CN[C@@H]1C(O)[C@@H](OCC2(O)C[C@H](N=C(N)C(O)CN)C[C@H](N)C2O[C@H]2O[C@H](CNCCO)CCC2N)OCC1(C)O. The van der Waals surface area contributed by atoms with Gasteiger partial charge in [0.05, 0.1) is 44.1 Å². The first-order valence-corrected chi connectivity index (χ1v) is 14.2. The average Bonchev–Trinajstić information content (AvgIpc) is 2.91. The zero-order valence-electron chi connectivity index (χ0n) is 24.0. The normalized spacial score (nSPS) is 43.2. The number of nitrogens with zero attached hydrogens (tertiary/aromatic N) is 1. The lowest BCUT2D eigenvalue weighted by Gasteiger charge is -2.49. The zero-order chi connectivity index (χ0) is 30.4. The molecule has 16 nitrogen and oxygen atoms in total. The Hall–Kier alpha value is -1.09. The van der Waals surface area contributed by atoms with E-state index in [1.165, 1.54) is 6.92 Å². The van der Waals surface area contributed by atoms with Crippen molar-refractivity contribution < 1.29 is 44.5 Å². The molecule has 15 N–H and O–H groups in total. The van der Waals surface area contributed by atoms with Crippen molar-refractivity contribution in [1.82, 2.24) is 10.6 Å². The number of ether oxygens (including phenoxy) is 4. The first-order chi connectivity index (χ1) is 19.3. The maximum atomic E-state index is 12.0. The van der Waals surface area contributed by atoms with Gasteiger partial charge < -0.3 is 78.0 Å². The van der Waals surface area contributed by atoms with Crippen LogP contribution in [0.4, 0.5) is 0 Å². The highest BCUT2D eigenvalue weighted by Gasteiger charge is 2.52. The number of aliphatic hydroxyl groups is 5. The van der Waals surface area contributed by atoms with Crippen molar-refractivity contribution in [2.75, 3.05) is 46.5 Å². The topological polar surface area (TPSA) is 279 Å². The predicted molar refractivity (Wildman–Crippen MR) is 148 cm³/mol. The molecular weight excluding hydrogens is 542 g/mol. The van der Waals surface area contributed by atoms with Crippen molar-refractivity contribution in [3.63, 3.8) is 0 Å². The Balaban J connectivity index is 1.79. The maximum Gasteiger partial charge on any atom is 0.185 e. The molecule has 3 aliphatic rings. The molecule has 0 radical (unpaired) electrons. The summed E-state index contributed by atoms with van der Waals surface area (Å²) in [4.78, 5) is 4.36. The fourth-order valence-corrected chi connectivity index (χ4v) is 5.79. The van der Waals surface area contributed by atoms with Gasteiger partial charge in [-0.15, -0.1) is 0 Å². The minimum Gasteiger partial charge on any atom is -0.395 e. The van der Waals surface area contributed by atoms with Crippen LogP contribution in [0.5, 0.6) is 0 Å². The smallest absolute Gasteiger partial charge is 0.185 e. The van der Waals surface area contributed by atoms with Gasteiger partial charge in [-0.1, -0.05) is 0 Å². The molecule has 0 aromatic heterocycles. The number of hydrogen-bond acceptors (Lipinski definition) is 15. The summed E-state index contributed by atoms with van der Waals surface area (Å²) < 4.78 is 23.9. The van der Waals surface area contributed by atoms with E-state index in [9.17, 15) is 20.4 Å². The number of rotatable bonds is 13. The minimum absolute atomic E-state index is 0.00138. The molecule has 2 heterocycles. The summed E-state index contributed by atoms with van der Waals surface area (Å²) in [7, 11) is 1.60. The predicted octanol–water partition coefficient (Wildman–Crippen LogP) is -5.24. The van der Waals surface area contributed by atoms with Crippen LogP contribution in [0.15, 0.2) is 4.99 Å². The Kier molecular flexibility index (Phi) is 12.6. The van der Waals surface area contributed by atoms with Crippen molar-refractivity contribution in [1.29, 1.82) is 0 Å². The van der Waals surface area contributed by atoms with E-state index < -0.39 is 66.3 Å². The molecule has 12 atom stereocenters. The standard InChI is InChI=1S/C25H51N7O9/c1-24(36)11-38-23(18(35)19(24)30-2)39-12-25(37)8-13(32-21(29)17(34)9-26)7-16(28)20(25)41-22-15(27)4-3-14(40-22)10-31-5-6-33/h13-20,22-23,30-31,33-37H,3-12,26-28H2,1-2H3,(H2,29,32)/t13-,14+,15?,16+,17?,18?,19-,20?,22-,23-,24?,25?/m1/s1. The molecule has 3 fully saturated rings. The second kappa shape index (κ2) is 15.1. The Morgan fingerprint density at radius 2 is 1.93 bits per heavy atom. The van der Waals surface area contributed by atoms with Crippen LogP contribution in [-0.2, 0) is 18.9 Å². The largest absolute Gasteiger partial charge is 0.395 e. The lowest BCUT2D eigenvalue weighted by molar-refractivity contribution is -0.301. The number of hydrogen-bond donors (Lipinski definition) is 11. The van der Waals surface area contributed by atoms with E-state index in [0.717, 1.165) is 0 Å². The molecule has 0 amide bonds. The quantitative estimate of drug-likeness (QED) is 0.0540. The van der Waals surface area contributed by atoms with E-state index in [-0.39, 0.29) is 51.1 Å². The summed E-state index contributed by atoms with van der Waals surface area (Å²) in [6.45, 7) is 1.84. The molecule has 16 heteroatoms. The highest BCUT2D eigenvalue weighted by Crippen LogP contribution is 2.36. The summed E-state index contributed by atoms with van der Waals surface area (Å²) in [5.41, 5.74) is 21.2. The Morgan fingerprint density at radius 1 is 1.20 bits per heavy atom. The second-order valence-corrected chi connectivity index (χ2v) is 11.6. The summed E-state index contributed by atoms with van der Waals surface area (Å²) in [5, 5.41) is 58.4. The Morgan fingerprint density at radius 3 is 2.59 bits per heavy atom. The van der Waals surface area contributed by atoms with E-state index in [1.807, 2.05) is 0 Å². The van der Waals surface area contributed by atoms with E-state index in [4.69, 9.17) is 47.0 Å². The van der Waals surface area contributed by atoms with Crippen molar-refractivity contribution >= 4 is 5.84 Å². The Bertz CT molecular complexity index is 843. The molecule has 3 rings (SSSR count). The van der Waals surface area contributed by atoms with Crippen LogP contribution >= 0.6 is 0 Å². The number of aliphatic hydroxyl groups excluding tert-OH is 3. The van der Waals surface area contributed by atoms with Crippen molar-refractivity contribution in [2.24, 2.45) is 27.9 Å². The number of nitrogens with two attached hydrogens (primary N) is 4. The fourth-order valence-electron chi connectivity index (χ4n) is 5.79. The van der Waals surface area contributed by atoms with Crippen LogP contribution in [0.3, 0.4) is 0 Å². The molecule has 1 aliphatic carbocycles.